The first-order valence-electron chi connectivity index (χ1n) is 5.44. The number of carbonyl (C=O) groups is 1. The molecular weight excluding hydrogens is 222 g/mol. The van der Waals surface area contributed by atoms with Crippen LogP contribution in [0.5, 0.6) is 0 Å². The van der Waals surface area contributed by atoms with Gasteiger partial charge in [-0.15, -0.1) is 0 Å². The van der Waals surface area contributed by atoms with Gasteiger partial charge in [0.2, 0.25) is 11.9 Å². The van der Waals surface area contributed by atoms with Crippen molar-refractivity contribution in [3.8, 4) is 0 Å². The lowest BCUT2D eigenvalue weighted by molar-refractivity contribution is -0.116. The van der Waals surface area contributed by atoms with Crippen LogP contribution in [0.1, 0.15) is 26.2 Å². The van der Waals surface area contributed by atoms with Crippen molar-refractivity contribution >= 4 is 23.0 Å². The van der Waals surface area contributed by atoms with Gasteiger partial charge in [-0.25, -0.2) is 4.98 Å². The Kier molecular flexibility index (Phi) is 3.17. The number of rotatable bonds is 4. The Balaban J connectivity index is 2.19. The van der Waals surface area contributed by atoms with Gasteiger partial charge < -0.3 is 4.98 Å². The average Bonchev–Trinajstić information content (AvgIpc) is 2.75. The van der Waals surface area contributed by atoms with E-state index in [0.29, 0.717) is 17.6 Å². The number of hydrogen-bond acceptors (Lipinski definition) is 4. The highest BCUT2D eigenvalue weighted by Gasteiger charge is 2.08. The molecule has 90 valence electrons. The van der Waals surface area contributed by atoms with E-state index in [4.69, 9.17) is 0 Å². The molecule has 0 radical (unpaired) electrons. The number of hydrogen-bond donors (Lipinski definition) is 3. The molecule has 0 saturated carbocycles. The van der Waals surface area contributed by atoms with E-state index in [1.165, 1.54) is 6.33 Å². The monoisotopic (exact) mass is 235 g/mol. The first kappa shape index (κ1) is 11.3. The average molecular weight is 235 g/mol. The lowest BCUT2D eigenvalue weighted by atomic mass is 10.2. The zero-order valence-electron chi connectivity index (χ0n) is 9.41. The summed E-state index contributed by atoms with van der Waals surface area (Å²) in [6, 6.07) is 0. The van der Waals surface area contributed by atoms with Crippen molar-refractivity contribution in [2.75, 3.05) is 5.32 Å². The Morgan fingerprint density at radius 1 is 1.53 bits per heavy atom. The zero-order valence-corrected chi connectivity index (χ0v) is 9.41. The van der Waals surface area contributed by atoms with E-state index in [1.54, 1.807) is 0 Å². The number of nitrogens with zero attached hydrogens (tertiary/aromatic N) is 2. The molecule has 2 aromatic rings. The molecule has 2 heterocycles. The van der Waals surface area contributed by atoms with Crippen molar-refractivity contribution < 1.29 is 4.79 Å². The van der Waals surface area contributed by atoms with Crippen LogP contribution in [0.4, 0.5) is 5.95 Å². The molecule has 0 unspecified atom stereocenters. The fourth-order valence-electron chi connectivity index (χ4n) is 1.43. The number of imidazole rings is 1. The summed E-state index contributed by atoms with van der Waals surface area (Å²) in [5.41, 5.74) is 0.245. The number of H-pyrrole nitrogens is 2. The van der Waals surface area contributed by atoms with Crippen LogP contribution in [-0.2, 0) is 4.79 Å². The van der Waals surface area contributed by atoms with Crippen LogP contribution in [0, 0.1) is 0 Å². The van der Waals surface area contributed by atoms with Gasteiger partial charge in [-0.05, 0) is 6.42 Å². The molecule has 1 amide bonds. The lowest BCUT2D eigenvalue weighted by Crippen LogP contribution is -2.18. The molecule has 0 fully saturated rings. The fraction of sp³-hybridized carbons (Fsp3) is 0.400. The molecule has 17 heavy (non-hydrogen) atoms. The van der Waals surface area contributed by atoms with Crippen LogP contribution in [-0.4, -0.2) is 25.8 Å². The van der Waals surface area contributed by atoms with Crippen LogP contribution in [0.15, 0.2) is 11.1 Å². The summed E-state index contributed by atoms with van der Waals surface area (Å²) in [5.74, 6) is -0.0272. The summed E-state index contributed by atoms with van der Waals surface area (Å²) in [6.07, 6.45) is 3.55. The second-order valence-corrected chi connectivity index (χ2v) is 3.67. The molecule has 7 heteroatoms. The zero-order chi connectivity index (χ0) is 12.3. The number of nitrogens with one attached hydrogen (secondary N) is 3. The molecule has 0 atom stereocenters. The predicted molar refractivity (Wildman–Crippen MR) is 62.7 cm³/mol. The SMILES string of the molecule is CCCCC(=O)Nc1nc2nc[nH]c2c(=O)[nH]1. The molecule has 2 rings (SSSR count). The van der Waals surface area contributed by atoms with Crippen LogP contribution in [0.3, 0.4) is 0 Å². The topological polar surface area (TPSA) is 104 Å². The van der Waals surface area contributed by atoms with Gasteiger partial charge in [0.15, 0.2) is 11.2 Å². The minimum Gasteiger partial charge on any atom is -0.339 e. The highest BCUT2D eigenvalue weighted by Crippen LogP contribution is 2.04. The summed E-state index contributed by atoms with van der Waals surface area (Å²) in [6.45, 7) is 2.00. The Hall–Kier alpha value is -2.18. The largest absolute Gasteiger partial charge is 0.339 e. The maximum absolute atomic E-state index is 11.5. The number of anilines is 1. The van der Waals surface area contributed by atoms with Crippen molar-refractivity contribution in [3.63, 3.8) is 0 Å². The highest BCUT2D eigenvalue weighted by atomic mass is 16.2. The van der Waals surface area contributed by atoms with Gasteiger partial charge in [0.25, 0.3) is 5.56 Å². The van der Waals surface area contributed by atoms with Crippen molar-refractivity contribution in [1.29, 1.82) is 0 Å². The van der Waals surface area contributed by atoms with Gasteiger partial charge in [0.1, 0.15) is 0 Å². The molecule has 3 N–H and O–H groups in total. The third-order valence-electron chi connectivity index (χ3n) is 2.31. The molecule has 0 bridgehead atoms. The molecule has 2 aromatic heterocycles. The first-order valence-corrected chi connectivity index (χ1v) is 5.44. The Morgan fingerprint density at radius 3 is 3.12 bits per heavy atom. The summed E-state index contributed by atoms with van der Waals surface area (Å²) in [4.78, 5) is 36.0. The van der Waals surface area contributed by atoms with Gasteiger partial charge in [-0.3, -0.25) is 19.9 Å². The molecule has 0 aliphatic carbocycles. The lowest BCUT2D eigenvalue weighted by Gasteiger charge is -2.02. The third-order valence-corrected chi connectivity index (χ3v) is 2.31. The Bertz CT molecular complexity index is 586. The number of amides is 1. The van der Waals surface area contributed by atoms with Gasteiger partial charge in [0.05, 0.1) is 6.33 Å². The minimum atomic E-state index is -0.349. The Morgan fingerprint density at radius 2 is 2.35 bits per heavy atom. The molecular formula is C10H13N5O2. The van der Waals surface area contributed by atoms with Crippen molar-refractivity contribution in [2.24, 2.45) is 0 Å². The summed E-state index contributed by atoms with van der Waals surface area (Å²) in [7, 11) is 0. The molecule has 0 aromatic carbocycles. The van der Waals surface area contributed by atoms with Gasteiger partial charge in [0, 0.05) is 6.42 Å². The second-order valence-electron chi connectivity index (χ2n) is 3.67. The van der Waals surface area contributed by atoms with Crippen LogP contribution < -0.4 is 10.9 Å². The number of aromatic nitrogens is 4. The van der Waals surface area contributed by atoms with Gasteiger partial charge in [-0.1, -0.05) is 13.3 Å². The molecule has 0 aliphatic rings. The van der Waals surface area contributed by atoms with E-state index in [-0.39, 0.29) is 17.4 Å². The predicted octanol–water partition coefficient (Wildman–Crippen LogP) is 0.775. The third kappa shape index (κ3) is 2.49. The first-order chi connectivity index (χ1) is 8.20. The van der Waals surface area contributed by atoms with E-state index in [2.05, 4.69) is 25.3 Å². The van der Waals surface area contributed by atoms with E-state index in [9.17, 15) is 9.59 Å². The number of aromatic amines is 2. The second kappa shape index (κ2) is 4.77. The van der Waals surface area contributed by atoms with E-state index in [1.807, 2.05) is 6.92 Å². The van der Waals surface area contributed by atoms with Crippen molar-refractivity contribution in [2.45, 2.75) is 26.2 Å². The standard InChI is InChI=1S/C10H13N5O2/c1-2-3-4-6(16)13-10-14-8-7(9(17)15-10)11-5-12-8/h5H,2-4H2,1H3,(H3,11,12,13,14,15,16,17). The smallest absolute Gasteiger partial charge is 0.278 e. The normalized spacial score (nSPS) is 10.6. The van der Waals surface area contributed by atoms with Crippen LogP contribution in [0.2, 0.25) is 0 Å². The fourth-order valence-corrected chi connectivity index (χ4v) is 1.43. The molecule has 7 nitrogen and oxygen atoms in total. The molecule has 0 aliphatic heterocycles. The van der Waals surface area contributed by atoms with Crippen LogP contribution in [0.25, 0.3) is 11.2 Å². The molecule has 0 saturated heterocycles. The number of unbranched alkanes of at least 4 members (excludes halogenated alkanes) is 1. The van der Waals surface area contributed by atoms with E-state index in [0.717, 1.165) is 12.8 Å². The van der Waals surface area contributed by atoms with Crippen molar-refractivity contribution in [3.05, 3.63) is 16.7 Å². The van der Waals surface area contributed by atoms with Crippen LogP contribution >= 0.6 is 0 Å². The number of carbonyl (C=O) groups excluding carboxylic acids is 1. The van der Waals surface area contributed by atoms with Gasteiger partial charge in [-0.2, -0.15) is 4.98 Å². The summed E-state index contributed by atoms with van der Waals surface area (Å²) >= 11 is 0. The van der Waals surface area contributed by atoms with E-state index >= 15 is 0 Å². The quantitative estimate of drug-likeness (QED) is 0.728. The van der Waals surface area contributed by atoms with E-state index < -0.39 is 0 Å². The van der Waals surface area contributed by atoms with Crippen molar-refractivity contribution in [1.82, 2.24) is 19.9 Å². The maximum atomic E-state index is 11.5. The summed E-state index contributed by atoms with van der Waals surface area (Å²) < 4.78 is 0. The number of fused-ring (bicyclic) bond motifs is 1. The summed E-state index contributed by atoms with van der Waals surface area (Å²) in [5, 5.41) is 2.54. The molecule has 0 spiro atoms. The Labute approximate surface area is 96.7 Å². The van der Waals surface area contributed by atoms with Gasteiger partial charge >= 0.3 is 0 Å². The maximum Gasteiger partial charge on any atom is 0.278 e. The highest BCUT2D eigenvalue weighted by molar-refractivity contribution is 5.89. The minimum absolute atomic E-state index is 0.135.